The van der Waals surface area contributed by atoms with Crippen LogP contribution in [0.5, 0.6) is 0 Å². The van der Waals surface area contributed by atoms with E-state index in [0.717, 1.165) is 0 Å². The number of halogens is 3. The van der Waals surface area contributed by atoms with E-state index < -0.39 is 35.8 Å². The minimum atomic E-state index is -1.15. The highest BCUT2D eigenvalue weighted by atomic mass is 35.5. The van der Waals surface area contributed by atoms with Crippen LogP contribution in [0.15, 0.2) is 12.7 Å². The Kier molecular flexibility index (Phi) is 9.83. The molecule has 2 aromatic rings. The first kappa shape index (κ1) is 26.1. The van der Waals surface area contributed by atoms with Crippen LogP contribution in [0.4, 0.5) is 5.82 Å². The first-order valence-corrected chi connectivity index (χ1v) is 10.6. The molecule has 3 rings (SSSR count). The lowest BCUT2D eigenvalue weighted by Gasteiger charge is -2.16. The van der Waals surface area contributed by atoms with Crippen molar-refractivity contribution in [2.75, 3.05) is 23.5 Å². The van der Waals surface area contributed by atoms with Crippen LogP contribution >= 0.6 is 36.4 Å². The van der Waals surface area contributed by atoms with Gasteiger partial charge in [0.1, 0.15) is 41.7 Å². The Balaban J connectivity index is 0.00000210. The van der Waals surface area contributed by atoms with Gasteiger partial charge in [-0.15, -0.1) is 24.8 Å². The number of carbonyl (C=O) groups is 1. The van der Waals surface area contributed by atoms with Crippen molar-refractivity contribution in [3.63, 3.8) is 0 Å². The van der Waals surface area contributed by atoms with Gasteiger partial charge in [-0.1, -0.05) is 0 Å². The molecule has 0 saturated carbocycles. The number of nitrogen functional groups attached to an aromatic ring is 1. The zero-order valence-corrected chi connectivity index (χ0v) is 18.6. The van der Waals surface area contributed by atoms with Gasteiger partial charge in [-0.2, -0.15) is 0 Å². The molecule has 29 heavy (non-hydrogen) atoms. The van der Waals surface area contributed by atoms with E-state index in [1.54, 1.807) is 0 Å². The van der Waals surface area contributed by atoms with E-state index >= 15 is 0 Å². The maximum Gasteiger partial charge on any atom is 0.238 e. The molecule has 0 spiro atoms. The van der Waals surface area contributed by atoms with E-state index in [0.29, 0.717) is 29.1 Å². The summed E-state index contributed by atoms with van der Waals surface area (Å²) in [5.74, 6) is 1.41. The number of anilines is 1. The lowest BCUT2D eigenvalue weighted by molar-refractivity contribution is -0.112. The largest absolute Gasteiger partial charge is 0.387 e. The number of nitrogens with zero attached hydrogens (tertiary/aromatic N) is 4. The van der Waals surface area contributed by atoms with E-state index in [-0.39, 0.29) is 41.5 Å². The summed E-state index contributed by atoms with van der Waals surface area (Å²) in [6.07, 6.45) is 1.58. The predicted octanol–water partition coefficient (Wildman–Crippen LogP) is -0.398. The van der Waals surface area contributed by atoms with Crippen molar-refractivity contribution in [3.05, 3.63) is 12.7 Å². The van der Waals surface area contributed by atoms with Gasteiger partial charge in [0.25, 0.3) is 0 Å². The number of aliphatic hydroxyl groups excluding tert-OH is 2. The van der Waals surface area contributed by atoms with Gasteiger partial charge in [-0.3, -0.25) is 9.36 Å². The highest BCUT2D eigenvalue weighted by Crippen LogP contribution is 2.32. The average molecular weight is 491 g/mol. The van der Waals surface area contributed by atoms with Gasteiger partial charge in [0.05, 0.1) is 18.6 Å². The van der Waals surface area contributed by atoms with Crippen molar-refractivity contribution in [2.45, 2.75) is 37.0 Å². The third-order valence-corrected chi connectivity index (χ3v) is 6.63. The summed E-state index contributed by atoms with van der Waals surface area (Å²) in [6.45, 7) is 0. The molecule has 0 bridgehead atoms. The van der Waals surface area contributed by atoms with Gasteiger partial charge in [0.15, 0.2) is 17.7 Å². The van der Waals surface area contributed by atoms with E-state index in [1.165, 1.54) is 17.2 Å². The first-order valence-electron chi connectivity index (χ1n) is 8.28. The van der Waals surface area contributed by atoms with Crippen LogP contribution in [0, 0.1) is 0 Å². The number of rotatable bonds is 7. The fraction of sp³-hybridized carbons (Fsp3) is 0.600. The Morgan fingerprint density at radius 2 is 2.03 bits per heavy atom. The second kappa shape index (κ2) is 10.9. The highest BCUT2D eigenvalue weighted by molar-refractivity contribution is 7.96. The lowest BCUT2D eigenvalue weighted by atomic mass is 10.1. The van der Waals surface area contributed by atoms with E-state index in [1.807, 2.05) is 6.26 Å². The molecular weight excluding hydrogens is 467 g/mol. The quantitative estimate of drug-likeness (QED) is 0.299. The summed E-state index contributed by atoms with van der Waals surface area (Å²) < 4.78 is 7.45. The second-order valence-corrected chi connectivity index (χ2v) is 9.16. The lowest BCUT2D eigenvalue weighted by Crippen LogP contribution is -2.36. The number of aliphatic hydroxyl groups is 2. The molecular formula is C15H24Cl3N6O4S+. The van der Waals surface area contributed by atoms with Gasteiger partial charge >= 0.3 is 0 Å². The predicted molar refractivity (Wildman–Crippen MR) is 117 cm³/mol. The summed E-state index contributed by atoms with van der Waals surface area (Å²) >= 11 is 5.37. The fourth-order valence-electron chi connectivity index (χ4n) is 2.96. The molecule has 6 atom stereocenters. The maximum absolute atomic E-state index is 11.0. The van der Waals surface area contributed by atoms with Crippen molar-refractivity contribution in [2.24, 2.45) is 5.73 Å². The van der Waals surface area contributed by atoms with Crippen molar-refractivity contribution < 1.29 is 19.7 Å². The van der Waals surface area contributed by atoms with Crippen LogP contribution < -0.4 is 11.5 Å². The minimum Gasteiger partial charge on any atom is -0.387 e. The molecule has 1 aliphatic rings. The molecule has 2 aromatic heterocycles. The van der Waals surface area contributed by atoms with E-state index in [4.69, 9.17) is 27.8 Å². The van der Waals surface area contributed by atoms with Crippen molar-refractivity contribution in [3.8, 4) is 0 Å². The molecule has 1 aliphatic heterocycles. The molecule has 14 heteroatoms. The number of imidazole rings is 1. The molecule has 1 fully saturated rings. The molecule has 1 unspecified atom stereocenters. The molecule has 6 N–H and O–H groups in total. The van der Waals surface area contributed by atoms with Gasteiger partial charge in [0, 0.05) is 6.42 Å². The molecule has 1 saturated heterocycles. The van der Waals surface area contributed by atoms with Crippen LogP contribution in [0.3, 0.4) is 0 Å². The topological polar surface area (TPSA) is 162 Å². The van der Waals surface area contributed by atoms with Gasteiger partial charge in [-0.25, -0.2) is 15.0 Å². The van der Waals surface area contributed by atoms with Crippen LogP contribution in [-0.4, -0.2) is 77.1 Å². The third-order valence-electron chi connectivity index (χ3n) is 4.52. The van der Waals surface area contributed by atoms with Crippen LogP contribution in [-0.2, 0) is 20.4 Å². The number of ether oxygens (including phenoxy) is 1. The number of aromatic nitrogens is 4. The van der Waals surface area contributed by atoms with Gasteiger partial charge in [0.2, 0.25) is 5.24 Å². The van der Waals surface area contributed by atoms with Crippen molar-refractivity contribution >= 4 is 69.5 Å². The SMILES string of the molecule is C[S+](CC[C@H](N)C(=O)Cl)C[C@H]1O[C@@H](n2cnc3c(N)ncnc32)[C@H](O)[C@@H]1O.Cl.Cl. The zero-order chi connectivity index (χ0) is 19.7. The Morgan fingerprint density at radius 3 is 2.69 bits per heavy atom. The number of fused-ring (bicyclic) bond motifs is 1. The Morgan fingerprint density at radius 1 is 1.34 bits per heavy atom. The zero-order valence-electron chi connectivity index (χ0n) is 15.4. The summed E-state index contributed by atoms with van der Waals surface area (Å²) in [5, 5.41) is 20.3. The van der Waals surface area contributed by atoms with Gasteiger partial charge < -0.3 is 26.4 Å². The average Bonchev–Trinajstić information content (AvgIpc) is 3.17. The molecule has 0 aliphatic carbocycles. The number of nitrogens with two attached hydrogens (primary N) is 2. The highest BCUT2D eigenvalue weighted by Gasteiger charge is 2.46. The first-order chi connectivity index (χ1) is 12.8. The van der Waals surface area contributed by atoms with Crippen LogP contribution in [0.1, 0.15) is 12.6 Å². The molecule has 0 amide bonds. The van der Waals surface area contributed by atoms with Crippen LogP contribution in [0.2, 0.25) is 0 Å². The number of hydrogen-bond acceptors (Lipinski definition) is 9. The number of carbonyl (C=O) groups excluding carboxylic acids is 1. The van der Waals surface area contributed by atoms with Gasteiger partial charge in [-0.05, 0) is 22.5 Å². The number of hydrogen-bond donors (Lipinski definition) is 4. The van der Waals surface area contributed by atoms with Crippen LogP contribution in [0.25, 0.3) is 11.2 Å². The van der Waals surface area contributed by atoms with E-state index in [2.05, 4.69) is 15.0 Å². The standard InChI is InChI=1S/C15H22ClN6O4S.2ClH/c1-27(3-2-7(17)12(16)25)4-8-10(23)11(24)15(26-8)22-6-21-9-13(18)19-5-20-14(9)22;;/h5-8,10-11,15,23-24H,2-4,17H2,1H3,(H2,18,19,20);2*1H/q+1;;/t7-,8+,10+,11+,15+,27?;;/m0../s1. The molecule has 0 aromatic carbocycles. The van der Waals surface area contributed by atoms with Crippen molar-refractivity contribution in [1.29, 1.82) is 0 Å². The fourth-order valence-corrected chi connectivity index (χ4v) is 4.73. The third kappa shape index (κ3) is 5.61. The Labute approximate surface area is 187 Å². The molecule has 164 valence electrons. The Bertz CT molecular complexity index is 830. The minimum absolute atomic E-state index is 0. The summed E-state index contributed by atoms with van der Waals surface area (Å²) in [6, 6.07) is -0.697. The second-order valence-electron chi connectivity index (χ2n) is 6.48. The summed E-state index contributed by atoms with van der Waals surface area (Å²) in [4.78, 5) is 23.2. The smallest absolute Gasteiger partial charge is 0.238 e. The monoisotopic (exact) mass is 489 g/mol. The summed E-state index contributed by atoms with van der Waals surface area (Å²) in [7, 11) is -0.183. The molecule has 0 radical (unpaired) electrons. The van der Waals surface area contributed by atoms with Crippen molar-refractivity contribution in [1.82, 2.24) is 19.5 Å². The molecule has 10 nitrogen and oxygen atoms in total. The van der Waals surface area contributed by atoms with E-state index in [9.17, 15) is 15.0 Å². The maximum atomic E-state index is 11.0. The normalized spacial score (nSPS) is 25.8. The Hall–Kier alpha value is -0.920. The molecule has 3 heterocycles. The summed E-state index contributed by atoms with van der Waals surface area (Å²) in [5.41, 5.74) is 12.2.